The highest BCUT2D eigenvalue weighted by Crippen LogP contribution is 2.38. The summed E-state index contributed by atoms with van der Waals surface area (Å²) in [6.45, 7) is 4.90. The number of aryl methyl sites for hydroxylation is 2. The second-order valence-corrected chi connectivity index (χ2v) is 7.71. The van der Waals surface area contributed by atoms with Gasteiger partial charge in [-0.25, -0.2) is 0 Å². The SMILES string of the molecule is Cc1c(C(=O)NC[C@@H]2CCCO2)oc2c1-c1nn(C[C@H]3CCO3)cc1CC2. The van der Waals surface area contributed by atoms with E-state index in [1.54, 1.807) is 0 Å². The molecule has 3 aliphatic rings. The van der Waals surface area contributed by atoms with Crippen molar-refractivity contribution in [2.45, 2.75) is 57.8 Å². The van der Waals surface area contributed by atoms with Crippen molar-refractivity contribution in [2.75, 3.05) is 19.8 Å². The summed E-state index contributed by atoms with van der Waals surface area (Å²) in [6.07, 6.45) is 7.35. The smallest absolute Gasteiger partial charge is 0.287 e. The monoisotopic (exact) mass is 371 g/mol. The highest BCUT2D eigenvalue weighted by Gasteiger charge is 2.30. The first-order valence-electron chi connectivity index (χ1n) is 9.89. The molecule has 2 fully saturated rings. The van der Waals surface area contributed by atoms with Gasteiger partial charge in [0.1, 0.15) is 5.76 Å². The molecule has 2 atom stereocenters. The number of rotatable bonds is 5. The van der Waals surface area contributed by atoms with E-state index in [0.29, 0.717) is 12.3 Å². The first-order valence-corrected chi connectivity index (χ1v) is 9.89. The zero-order chi connectivity index (χ0) is 18.4. The van der Waals surface area contributed by atoms with Crippen LogP contribution in [0.15, 0.2) is 10.6 Å². The van der Waals surface area contributed by atoms with Gasteiger partial charge in [0.15, 0.2) is 5.76 Å². The van der Waals surface area contributed by atoms with Gasteiger partial charge in [-0.15, -0.1) is 0 Å². The van der Waals surface area contributed by atoms with Crippen molar-refractivity contribution in [1.29, 1.82) is 0 Å². The van der Waals surface area contributed by atoms with Gasteiger partial charge in [-0.05, 0) is 38.2 Å². The van der Waals surface area contributed by atoms with Crippen LogP contribution in [0, 0.1) is 6.92 Å². The third-order valence-electron chi connectivity index (χ3n) is 5.82. The molecule has 0 bridgehead atoms. The molecule has 2 aromatic rings. The molecule has 0 unspecified atom stereocenters. The number of aromatic nitrogens is 2. The fraction of sp³-hybridized carbons (Fsp3) is 0.600. The van der Waals surface area contributed by atoms with E-state index in [9.17, 15) is 4.79 Å². The number of hydrogen-bond acceptors (Lipinski definition) is 5. The third kappa shape index (κ3) is 3.08. The molecular weight excluding hydrogens is 346 g/mol. The number of nitrogens with zero attached hydrogens (tertiary/aromatic N) is 2. The van der Waals surface area contributed by atoms with Gasteiger partial charge >= 0.3 is 0 Å². The fourth-order valence-corrected chi connectivity index (χ4v) is 4.20. The second-order valence-electron chi connectivity index (χ2n) is 7.71. The van der Waals surface area contributed by atoms with Crippen LogP contribution in [0.2, 0.25) is 0 Å². The summed E-state index contributed by atoms with van der Waals surface area (Å²) in [5.74, 6) is 1.11. The molecule has 2 aromatic heterocycles. The summed E-state index contributed by atoms with van der Waals surface area (Å²) >= 11 is 0. The standard InChI is InChI=1S/C20H25N3O4/c1-12-17-16(27-19(12)20(24)21-9-14-3-2-7-25-14)5-4-13-10-23(22-18(13)17)11-15-6-8-26-15/h10,14-15H,2-9,11H2,1H3,(H,21,24)/t14-,15+/m0/s1. The van der Waals surface area contributed by atoms with Gasteiger partial charge < -0.3 is 19.2 Å². The molecule has 7 heteroatoms. The number of ether oxygens (including phenoxy) is 2. The molecule has 0 radical (unpaired) electrons. The number of nitrogens with one attached hydrogen (secondary N) is 1. The van der Waals surface area contributed by atoms with E-state index < -0.39 is 0 Å². The zero-order valence-corrected chi connectivity index (χ0v) is 15.6. The number of fused-ring (bicyclic) bond motifs is 3. The Kier molecular flexibility index (Phi) is 4.28. The Labute approximate surface area is 158 Å². The quantitative estimate of drug-likeness (QED) is 0.872. The topological polar surface area (TPSA) is 78.5 Å². The van der Waals surface area contributed by atoms with Gasteiger partial charge in [0.2, 0.25) is 0 Å². The first-order chi connectivity index (χ1) is 13.2. The molecule has 1 amide bonds. The van der Waals surface area contributed by atoms with Crippen molar-refractivity contribution in [3.05, 3.63) is 28.8 Å². The highest BCUT2D eigenvalue weighted by atomic mass is 16.5. The maximum absolute atomic E-state index is 12.6. The van der Waals surface area contributed by atoms with E-state index in [2.05, 4.69) is 11.5 Å². The maximum Gasteiger partial charge on any atom is 0.287 e. The second kappa shape index (κ2) is 6.80. The predicted octanol–water partition coefficient (Wildman–Crippen LogP) is 2.25. The van der Waals surface area contributed by atoms with Crippen molar-refractivity contribution in [3.8, 4) is 11.3 Å². The van der Waals surface area contributed by atoms with E-state index >= 15 is 0 Å². The largest absolute Gasteiger partial charge is 0.455 e. The molecule has 0 spiro atoms. The number of furan rings is 1. The molecule has 2 saturated heterocycles. The number of carbonyl (C=O) groups is 1. The van der Waals surface area contributed by atoms with Crippen LogP contribution in [0.5, 0.6) is 0 Å². The lowest BCUT2D eigenvalue weighted by Crippen LogP contribution is -2.31. The van der Waals surface area contributed by atoms with Crippen LogP contribution in [0.3, 0.4) is 0 Å². The summed E-state index contributed by atoms with van der Waals surface area (Å²) in [7, 11) is 0. The van der Waals surface area contributed by atoms with Crippen molar-refractivity contribution < 1.29 is 18.7 Å². The van der Waals surface area contributed by atoms with Crippen LogP contribution in [-0.4, -0.2) is 47.7 Å². The predicted molar refractivity (Wildman–Crippen MR) is 97.7 cm³/mol. The molecule has 5 rings (SSSR count). The summed E-state index contributed by atoms with van der Waals surface area (Å²) in [4.78, 5) is 12.6. The van der Waals surface area contributed by atoms with Crippen molar-refractivity contribution in [3.63, 3.8) is 0 Å². The fourth-order valence-electron chi connectivity index (χ4n) is 4.20. The minimum Gasteiger partial charge on any atom is -0.455 e. The number of carbonyl (C=O) groups excluding carboxylic acids is 1. The molecule has 4 heterocycles. The highest BCUT2D eigenvalue weighted by molar-refractivity contribution is 5.95. The molecule has 27 heavy (non-hydrogen) atoms. The van der Waals surface area contributed by atoms with E-state index in [-0.39, 0.29) is 18.1 Å². The molecule has 0 aromatic carbocycles. The lowest BCUT2D eigenvalue weighted by atomic mass is 9.93. The number of hydrogen-bond donors (Lipinski definition) is 1. The lowest BCUT2D eigenvalue weighted by molar-refractivity contribution is -0.0608. The Hall–Kier alpha value is -2.12. The number of amides is 1. The Bertz CT molecular complexity index is 859. The van der Waals surface area contributed by atoms with Crippen LogP contribution >= 0.6 is 0 Å². The van der Waals surface area contributed by atoms with Crippen LogP contribution in [-0.2, 0) is 28.9 Å². The van der Waals surface area contributed by atoms with Crippen molar-refractivity contribution >= 4 is 5.91 Å². The van der Waals surface area contributed by atoms with Gasteiger partial charge in [-0.3, -0.25) is 9.48 Å². The van der Waals surface area contributed by atoms with Gasteiger partial charge in [0.05, 0.1) is 24.4 Å². The van der Waals surface area contributed by atoms with Crippen LogP contribution in [0.4, 0.5) is 0 Å². The Morgan fingerprint density at radius 2 is 2.11 bits per heavy atom. The molecule has 1 aliphatic carbocycles. The summed E-state index contributed by atoms with van der Waals surface area (Å²) in [6, 6.07) is 0. The normalized spacial score (nSPS) is 23.6. The van der Waals surface area contributed by atoms with E-state index in [0.717, 1.165) is 74.4 Å². The summed E-state index contributed by atoms with van der Waals surface area (Å²) in [5, 5.41) is 7.74. The van der Waals surface area contributed by atoms with E-state index in [1.807, 2.05) is 11.6 Å². The van der Waals surface area contributed by atoms with Gasteiger partial charge in [-0.1, -0.05) is 0 Å². The van der Waals surface area contributed by atoms with Crippen molar-refractivity contribution in [2.24, 2.45) is 0 Å². The van der Waals surface area contributed by atoms with Crippen LogP contribution in [0.1, 0.15) is 46.7 Å². The Morgan fingerprint density at radius 3 is 2.85 bits per heavy atom. The van der Waals surface area contributed by atoms with Gasteiger partial charge in [0, 0.05) is 43.5 Å². The van der Waals surface area contributed by atoms with Crippen molar-refractivity contribution in [1.82, 2.24) is 15.1 Å². The van der Waals surface area contributed by atoms with Gasteiger partial charge in [-0.2, -0.15) is 5.10 Å². The Balaban J connectivity index is 1.37. The molecule has 1 N–H and O–H groups in total. The molecule has 2 aliphatic heterocycles. The van der Waals surface area contributed by atoms with Crippen LogP contribution in [0.25, 0.3) is 11.3 Å². The minimum atomic E-state index is -0.166. The molecule has 7 nitrogen and oxygen atoms in total. The average molecular weight is 371 g/mol. The minimum absolute atomic E-state index is 0.120. The van der Waals surface area contributed by atoms with E-state index in [1.165, 1.54) is 5.56 Å². The van der Waals surface area contributed by atoms with Gasteiger partial charge in [0.25, 0.3) is 5.91 Å². The molecule has 144 valence electrons. The first kappa shape index (κ1) is 17.0. The summed E-state index contributed by atoms with van der Waals surface area (Å²) in [5.41, 5.74) is 4.04. The molecule has 0 saturated carbocycles. The average Bonchev–Trinajstić information content (AvgIpc) is 3.34. The van der Waals surface area contributed by atoms with Crippen LogP contribution < -0.4 is 5.32 Å². The zero-order valence-electron chi connectivity index (χ0n) is 15.6. The maximum atomic E-state index is 12.6. The summed E-state index contributed by atoms with van der Waals surface area (Å²) < 4.78 is 19.0. The van der Waals surface area contributed by atoms with E-state index in [4.69, 9.17) is 19.0 Å². The Morgan fingerprint density at radius 1 is 1.26 bits per heavy atom. The lowest BCUT2D eigenvalue weighted by Gasteiger charge is -2.26. The molecular formula is C20H25N3O4. The third-order valence-corrected chi connectivity index (χ3v) is 5.82.